The molecule has 0 fully saturated rings. The van der Waals surface area contributed by atoms with Gasteiger partial charge in [0, 0.05) is 44.3 Å². The minimum absolute atomic E-state index is 0. The molecule has 74 heavy (non-hydrogen) atoms. The summed E-state index contributed by atoms with van der Waals surface area (Å²) < 4.78 is 9.01. The van der Waals surface area contributed by atoms with Crippen LogP contribution in [0.2, 0.25) is 0 Å². The van der Waals surface area contributed by atoms with E-state index in [1.807, 2.05) is 12.1 Å². The van der Waals surface area contributed by atoms with Crippen molar-refractivity contribution in [3.8, 4) is 16.8 Å². The van der Waals surface area contributed by atoms with Gasteiger partial charge in [-0.15, -0.1) is 11.0 Å². The Labute approximate surface area is 476 Å². The molecule has 0 radical (unpaired) electrons. The first-order valence-corrected chi connectivity index (χ1v) is 25.3. The third kappa shape index (κ3) is 7.80. The number of anilines is 6. The molecular weight excluding hydrogens is 1100 g/mol. The fraction of sp³-hybridized carbons (Fsp3) is 0.179. The Balaban J connectivity index is 0.00000294. The number of fused-ring (bicyclic) bond motifs is 10. The molecule has 9 aromatic carbocycles. The number of benzene rings is 9. The van der Waals surface area contributed by atoms with Gasteiger partial charge in [-0.2, -0.15) is 36.2 Å². The van der Waals surface area contributed by atoms with Crippen LogP contribution in [-0.2, 0) is 70.8 Å². The Morgan fingerprint density at radius 2 is 1.20 bits per heavy atom. The molecule has 2 aliphatic heterocycles. The van der Waals surface area contributed by atoms with Gasteiger partial charge < -0.3 is 30.9 Å². The number of aromatic nitrogens is 1. The summed E-state index contributed by atoms with van der Waals surface area (Å²) in [6.07, 6.45) is 0. The van der Waals surface area contributed by atoms with E-state index in [9.17, 15) is 0 Å². The maximum absolute atomic E-state index is 6.54. The zero-order valence-electron chi connectivity index (χ0n) is 44.0. The van der Waals surface area contributed by atoms with E-state index in [4.69, 9.17) is 11.3 Å². The summed E-state index contributed by atoms with van der Waals surface area (Å²) in [5, 5.41) is 4.68. The monoisotopic (exact) mass is 1160 g/mol. The number of para-hydroxylation sites is 4. The first-order valence-electron chi connectivity index (χ1n) is 25.3. The van der Waals surface area contributed by atoms with Crippen molar-refractivity contribution in [3.05, 3.63) is 211 Å². The van der Waals surface area contributed by atoms with Crippen molar-refractivity contribution < 1.29 is 59.0 Å². The zero-order valence-corrected chi connectivity index (χ0v) is 52.1. The van der Waals surface area contributed by atoms with Crippen molar-refractivity contribution in [3.63, 3.8) is 0 Å². The first kappa shape index (κ1) is 50.1. The fourth-order valence-electron chi connectivity index (χ4n) is 11.7. The van der Waals surface area contributed by atoms with Gasteiger partial charge >= 0.3 is 54.6 Å². The molecule has 4 heterocycles. The van der Waals surface area contributed by atoms with Gasteiger partial charge in [-0.3, -0.25) is 12.1 Å². The summed E-state index contributed by atoms with van der Waals surface area (Å²) in [7, 11) is 0. The number of nitrogens with zero attached hydrogens (tertiary/aromatic N) is 3. The summed E-state index contributed by atoms with van der Waals surface area (Å²) in [6, 6.07) is 71.6. The molecule has 4 nitrogen and oxygen atoms in total. The number of hydrogen-bond acceptors (Lipinski definition) is 3. The van der Waals surface area contributed by atoms with Crippen LogP contribution >= 0.6 is 0 Å². The van der Waals surface area contributed by atoms with Crippen molar-refractivity contribution >= 4 is 101 Å². The van der Waals surface area contributed by atoms with E-state index in [-0.39, 0.29) is 77.6 Å². The molecule has 352 valence electrons. The van der Waals surface area contributed by atoms with E-state index < -0.39 is 0 Å². The van der Waals surface area contributed by atoms with E-state index in [2.05, 4.69) is 247 Å². The second-order valence-corrected chi connectivity index (χ2v) is 23.0. The molecule has 0 saturated heterocycles. The van der Waals surface area contributed by atoms with E-state index >= 15 is 0 Å². The van der Waals surface area contributed by atoms with Crippen LogP contribution in [0.25, 0.3) is 60.6 Å². The summed E-state index contributed by atoms with van der Waals surface area (Å²) in [5.74, 6) is 0. The summed E-state index contributed by atoms with van der Waals surface area (Å²) >= 11 is 0. The number of rotatable bonds is 4. The molecular formula is C67H56BCd2N3O. The maximum atomic E-state index is 6.54. The fourth-order valence-corrected chi connectivity index (χ4v) is 11.7. The molecule has 0 atom stereocenters. The van der Waals surface area contributed by atoms with Gasteiger partial charge in [-0.1, -0.05) is 181 Å². The predicted octanol–water partition coefficient (Wildman–Crippen LogP) is 15.9. The number of hydrogen-bond donors (Lipinski definition) is 0. The molecule has 13 rings (SSSR count). The first-order chi connectivity index (χ1) is 34.5. The van der Waals surface area contributed by atoms with Crippen LogP contribution in [0.15, 0.2) is 168 Å². The van der Waals surface area contributed by atoms with Gasteiger partial charge in [0.05, 0.1) is 11.0 Å². The average molecular weight is 1150 g/mol. The molecule has 2 aliphatic rings. The van der Waals surface area contributed by atoms with Gasteiger partial charge in [0.15, 0.2) is 6.71 Å². The second-order valence-electron chi connectivity index (χ2n) is 23.0. The summed E-state index contributed by atoms with van der Waals surface area (Å²) in [5.41, 5.74) is 21.4. The molecule has 0 aliphatic carbocycles. The molecule has 0 saturated carbocycles. The number of furan rings is 1. The molecule has 0 unspecified atom stereocenters. The van der Waals surface area contributed by atoms with Gasteiger partial charge in [-0.25, -0.2) is 11.3 Å². The van der Waals surface area contributed by atoms with Crippen molar-refractivity contribution in [1.29, 1.82) is 0 Å². The van der Waals surface area contributed by atoms with E-state index in [1.165, 1.54) is 55.0 Å². The summed E-state index contributed by atoms with van der Waals surface area (Å²) in [4.78, 5) is 4.91. The topological polar surface area (TPSA) is 24.6 Å². The van der Waals surface area contributed by atoms with Crippen LogP contribution in [0.5, 0.6) is 0 Å². The Morgan fingerprint density at radius 3 is 1.89 bits per heavy atom. The normalized spacial score (nSPS) is 13.2. The van der Waals surface area contributed by atoms with Crippen molar-refractivity contribution in [2.24, 2.45) is 0 Å². The molecule has 7 heteroatoms. The molecule has 0 amide bonds. The van der Waals surface area contributed by atoms with Crippen molar-refractivity contribution in [2.45, 2.75) is 78.6 Å². The second kappa shape index (κ2) is 18.1. The van der Waals surface area contributed by atoms with Gasteiger partial charge in [0.25, 0.3) is 0 Å². The standard InChI is InChI=1S/C67H56BN3O.2Cd/c1-41-53(67(8,9)10)39-60-62-63(41)71(47-32-28-42(29-33-47)48-25-19-26-50-49-24-17-18-27-61(49)72-64(48)50)58-37-44(66(5,6)7)30-34-54(58)68(62)55-40-57-52(38-59(55)70(60)46-22-15-12-16-23-46)51-36-43(65(2,3)4)31-35-56(51)69(57)45-20-13-11-14-21-45;;/h11-31,34-36,38-40H,1H2,2-10H3;;/q-4;2*+2. The zero-order chi connectivity index (χ0) is 49.6. The SMILES string of the molecule is [CH2-]c1c(C(C)(C)C)cc2c3c1N(c1[c-]cc(-c4cccc5c4oc4ccccc45)c[c-]1)c1[c-]c(C(C)(C)C)ccc1B3c1cc3c(cc1N2c1ccccc1)c1cc(C(C)(C)C)ccc1n3-c1ccccc1.[Cd+2].[Cd+2]. The third-order valence-electron chi connectivity index (χ3n) is 15.3. The van der Waals surface area contributed by atoms with Gasteiger partial charge in [-0.05, 0) is 71.0 Å². The quantitative estimate of drug-likeness (QED) is 0.130. The maximum Gasteiger partial charge on any atom is 2.00 e. The molecule has 11 aromatic rings. The Morgan fingerprint density at radius 1 is 0.541 bits per heavy atom. The van der Waals surface area contributed by atoms with Crippen molar-refractivity contribution in [2.75, 3.05) is 9.80 Å². The molecule has 0 N–H and O–H groups in total. The van der Waals surface area contributed by atoms with E-state index in [0.717, 1.165) is 78.3 Å². The van der Waals surface area contributed by atoms with E-state index in [1.54, 1.807) is 0 Å². The van der Waals surface area contributed by atoms with Gasteiger partial charge in [0.2, 0.25) is 0 Å². The minimum Gasteiger partial charge on any atom is -0.458 e. The van der Waals surface area contributed by atoms with Crippen LogP contribution in [0.1, 0.15) is 84.6 Å². The van der Waals surface area contributed by atoms with Crippen molar-refractivity contribution in [1.82, 2.24) is 4.57 Å². The molecule has 2 aromatic heterocycles. The van der Waals surface area contributed by atoms with Crippen LogP contribution in [0, 0.1) is 25.1 Å². The molecule has 0 spiro atoms. The Hall–Kier alpha value is -6.04. The average Bonchev–Trinajstić information content (AvgIpc) is 3.91. The Bertz CT molecular complexity index is 4000. The van der Waals surface area contributed by atoms with Crippen LogP contribution in [0.4, 0.5) is 34.1 Å². The predicted molar refractivity (Wildman–Crippen MR) is 305 cm³/mol. The van der Waals surface area contributed by atoms with Crippen LogP contribution in [-0.4, -0.2) is 11.3 Å². The molecule has 0 bridgehead atoms. The third-order valence-corrected chi connectivity index (χ3v) is 15.3. The van der Waals surface area contributed by atoms with E-state index in [0.29, 0.717) is 0 Å². The van der Waals surface area contributed by atoms with Crippen LogP contribution in [0.3, 0.4) is 0 Å². The largest absolute Gasteiger partial charge is 2.00 e. The Kier molecular flexibility index (Phi) is 12.2. The smallest absolute Gasteiger partial charge is 0.458 e. The van der Waals surface area contributed by atoms with Gasteiger partial charge in [0.1, 0.15) is 11.2 Å². The van der Waals surface area contributed by atoms with Crippen LogP contribution < -0.4 is 26.2 Å². The minimum atomic E-state index is -0.247. The summed E-state index contributed by atoms with van der Waals surface area (Å²) in [6.45, 7) is 25.6.